The van der Waals surface area contributed by atoms with Crippen LogP contribution in [0.25, 0.3) is 11.3 Å². The van der Waals surface area contributed by atoms with E-state index in [-0.39, 0.29) is 11.9 Å². The maximum atomic E-state index is 13.7. The van der Waals surface area contributed by atoms with Crippen molar-refractivity contribution in [3.63, 3.8) is 0 Å². The van der Waals surface area contributed by atoms with Gasteiger partial charge in [-0.25, -0.2) is 0 Å². The van der Waals surface area contributed by atoms with E-state index < -0.39 is 0 Å². The first-order chi connectivity index (χ1) is 17.1. The first-order valence-corrected chi connectivity index (χ1v) is 12.0. The van der Waals surface area contributed by atoms with Gasteiger partial charge in [0.1, 0.15) is 17.2 Å². The van der Waals surface area contributed by atoms with Crippen LogP contribution in [0, 0.1) is 0 Å². The maximum Gasteiger partial charge on any atom is 0.273 e. The van der Waals surface area contributed by atoms with Crippen LogP contribution in [0.15, 0.2) is 72.8 Å². The predicted octanol–water partition coefficient (Wildman–Crippen LogP) is 6.27. The summed E-state index contributed by atoms with van der Waals surface area (Å²) < 4.78 is 11.2. The highest BCUT2D eigenvalue weighted by molar-refractivity contribution is 6.31. The Morgan fingerprint density at radius 2 is 1.83 bits per heavy atom. The van der Waals surface area contributed by atoms with E-state index in [1.807, 2.05) is 77.7 Å². The van der Waals surface area contributed by atoms with E-state index in [1.54, 1.807) is 7.11 Å². The van der Waals surface area contributed by atoms with Crippen LogP contribution in [0.5, 0.6) is 11.5 Å². The largest absolute Gasteiger partial charge is 0.497 e. The van der Waals surface area contributed by atoms with E-state index in [2.05, 4.69) is 17.1 Å². The molecule has 6 nitrogen and oxygen atoms in total. The molecule has 1 aliphatic heterocycles. The minimum atomic E-state index is -0.352. The van der Waals surface area contributed by atoms with E-state index in [9.17, 15) is 4.79 Å². The van der Waals surface area contributed by atoms with Crippen LogP contribution in [0.2, 0.25) is 5.02 Å². The minimum Gasteiger partial charge on any atom is -0.497 e. The molecule has 5 rings (SSSR count). The summed E-state index contributed by atoms with van der Waals surface area (Å²) in [5.41, 5.74) is 4.82. The topological polar surface area (TPSA) is 67.5 Å². The zero-order valence-electron chi connectivity index (χ0n) is 19.6. The highest BCUT2D eigenvalue weighted by atomic mass is 35.5. The number of nitrogens with one attached hydrogen (secondary N) is 1. The SMILES string of the molecule is CCCOc1cccc(C2c3c(-c4ccc(OC)cc4)n[nH]c3C(=O)N2Cc2ccccc2Cl)c1. The molecular formula is C28H26ClN3O3. The molecule has 178 valence electrons. The highest BCUT2D eigenvalue weighted by Gasteiger charge is 2.42. The lowest BCUT2D eigenvalue weighted by Gasteiger charge is -2.27. The first kappa shape index (κ1) is 23.0. The number of carbonyl (C=O) groups is 1. The molecule has 0 radical (unpaired) electrons. The van der Waals surface area contributed by atoms with E-state index in [0.717, 1.165) is 45.9 Å². The van der Waals surface area contributed by atoms with Crippen molar-refractivity contribution in [2.75, 3.05) is 13.7 Å². The van der Waals surface area contributed by atoms with Gasteiger partial charge in [0, 0.05) is 22.7 Å². The summed E-state index contributed by atoms with van der Waals surface area (Å²) in [5.74, 6) is 1.42. The number of rotatable bonds is 8. The number of halogens is 1. The van der Waals surface area contributed by atoms with Crippen molar-refractivity contribution in [2.45, 2.75) is 25.9 Å². The van der Waals surface area contributed by atoms with E-state index in [1.165, 1.54) is 0 Å². The van der Waals surface area contributed by atoms with Crippen LogP contribution < -0.4 is 9.47 Å². The Morgan fingerprint density at radius 3 is 2.57 bits per heavy atom. The molecule has 1 N–H and O–H groups in total. The van der Waals surface area contributed by atoms with Crippen LogP contribution >= 0.6 is 11.6 Å². The van der Waals surface area contributed by atoms with Crippen molar-refractivity contribution in [3.8, 4) is 22.8 Å². The highest BCUT2D eigenvalue weighted by Crippen LogP contribution is 2.44. The number of aromatic amines is 1. The lowest BCUT2D eigenvalue weighted by atomic mass is 9.95. The van der Waals surface area contributed by atoms with Gasteiger partial charge >= 0.3 is 0 Å². The average molecular weight is 488 g/mol. The van der Waals surface area contributed by atoms with E-state index >= 15 is 0 Å². The number of aromatic nitrogens is 2. The fourth-order valence-electron chi connectivity index (χ4n) is 4.48. The third-order valence-corrected chi connectivity index (χ3v) is 6.54. The van der Waals surface area contributed by atoms with Gasteiger partial charge < -0.3 is 14.4 Å². The van der Waals surface area contributed by atoms with Gasteiger partial charge in [-0.05, 0) is 60.0 Å². The molecule has 0 fully saturated rings. The van der Waals surface area contributed by atoms with Crippen molar-refractivity contribution in [3.05, 3.63) is 100 Å². The van der Waals surface area contributed by atoms with Crippen LogP contribution in [0.3, 0.4) is 0 Å². The third kappa shape index (κ3) is 4.37. The molecule has 4 aromatic rings. The molecule has 1 aromatic heterocycles. The summed E-state index contributed by atoms with van der Waals surface area (Å²) in [6.07, 6.45) is 0.915. The average Bonchev–Trinajstić information content (AvgIpc) is 3.43. The molecule has 1 amide bonds. The van der Waals surface area contributed by atoms with Gasteiger partial charge in [0.05, 0.1) is 25.5 Å². The van der Waals surface area contributed by atoms with Gasteiger partial charge in [-0.2, -0.15) is 5.10 Å². The molecule has 0 aliphatic carbocycles. The smallest absolute Gasteiger partial charge is 0.273 e. The van der Waals surface area contributed by atoms with Gasteiger partial charge in [-0.1, -0.05) is 48.9 Å². The molecule has 0 bridgehead atoms. The Hall–Kier alpha value is -3.77. The number of H-pyrrole nitrogens is 1. The number of methoxy groups -OCH3 is 1. The van der Waals surface area contributed by atoms with Crippen molar-refractivity contribution in [1.82, 2.24) is 15.1 Å². The first-order valence-electron chi connectivity index (χ1n) is 11.6. The zero-order chi connectivity index (χ0) is 24.4. The number of carbonyl (C=O) groups excluding carboxylic acids is 1. The van der Waals surface area contributed by atoms with Gasteiger partial charge in [0.15, 0.2) is 0 Å². The minimum absolute atomic E-state index is 0.114. The molecule has 1 unspecified atom stereocenters. The third-order valence-electron chi connectivity index (χ3n) is 6.17. The fraction of sp³-hybridized carbons (Fsp3) is 0.214. The van der Waals surface area contributed by atoms with Crippen molar-refractivity contribution < 1.29 is 14.3 Å². The van der Waals surface area contributed by atoms with Crippen LogP contribution in [0.1, 0.15) is 46.6 Å². The van der Waals surface area contributed by atoms with Crippen LogP contribution in [0.4, 0.5) is 0 Å². The molecule has 0 saturated carbocycles. The second-order valence-electron chi connectivity index (χ2n) is 8.44. The maximum absolute atomic E-state index is 13.7. The summed E-state index contributed by atoms with van der Waals surface area (Å²) in [7, 11) is 1.64. The Bertz CT molecular complexity index is 1350. The quantitative estimate of drug-likeness (QED) is 0.318. The Morgan fingerprint density at radius 1 is 1.03 bits per heavy atom. The normalized spacial score (nSPS) is 14.8. The lowest BCUT2D eigenvalue weighted by molar-refractivity contribution is 0.0730. The van der Waals surface area contributed by atoms with Crippen molar-refractivity contribution in [2.24, 2.45) is 0 Å². The monoisotopic (exact) mass is 487 g/mol. The summed E-state index contributed by atoms with van der Waals surface area (Å²) in [4.78, 5) is 15.5. The van der Waals surface area contributed by atoms with E-state index in [4.69, 9.17) is 21.1 Å². The number of fused-ring (bicyclic) bond motifs is 1. The molecular weight excluding hydrogens is 462 g/mol. The summed E-state index contributed by atoms with van der Waals surface area (Å²) in [6, 6.07) is 22.9. The molecule has 0 saturated heterocycles. The van der Waals surface area contributed by atoms with Gasteiger partial charge in [0.2, 0.25) is 0 Å². The predicted molar refractivity (Wildman–Crippen MR) is 136 cm³/mol. The Kier molecular flexibility index (Phi) is 6.47. The van der Waals surface area contributed by atoms with Crippen molar-refractivity contribution >= 4 is 17.5 Å². The molecule has 2 heterocycles. The summed E-state index contributed by atoms with van der Waals surface area (Å²) >= 11 is 6.48. The summed E-state index contributed by atoms with van der Waals surface area (Å²) in [5, 5.41) is 8.18. The lowest BCUT2D eigenvalue weighted by Crippen LogP contribution is -2.29. The molecule has 35 heavy (non-hydrogen) atoms. The van der Waals surface area contributed by atoms with Gasteiger partial charge in [-0.3, -0.25) is 9.89 Å². The van der Waals surface area contributed by atoms with Gasteiger partial charge in [0.25, 0.3) is 5.91 Å². The second-order valence-corrected chi connectivity index (χ2v) is 8.84. The zero-order valence-corrected chi connectivity index (χ0v) is 20.4. The standard InChI is InChI=1S/C28H26ClN3O3/c1-3-15-35-22-9-6-8-19(16-22)27-24-25(18-11-13-21(34-2)14-12-18)30-31-26(24)28(33)32(27)17-20-7-4-5-10-23(20)29/h4-14,16,27H,3,15,17H2,1-2H3,(H,30,31). The molecule has 0 spiro atoms. The number of benzene rings is 3. The van der Waals surface area contributed by atoms with Crippen molar-refractivity contribution in [1.29, 1.82) is 0 Å². The summed E-state index contributed by atoms with van der Waals surface area (Å²) in [6.45, 7) is 3.07. The molecule has 1 aliphatic rings. The van der Waals surface area contributed by atoms with Crippen LogP contribution in [-0.4, -0.2) is 34.7 Å². The molecule has 7 heteroatoms. The Labute approximate surface area is 209 Å². The van der Waals surface area contributed by atoms with Crippen LogP contribution in [-0.2, 0) is 6.54 Å². The number of amides is 1. The van der Waals surface area contributed by atoms with Gasteiger partial charge in [-0.15, -0.1) is 0 Å². The number of hydrogen-bond acceptors (Lipinski definition) is 4. The number of ether oxygens (including phenoxy) is 2. The molecule has 3 aromatic carbocycles. The number of hydrogen-bond donors (Lipinski definition) is 1. The molecule has 1 atom stereocenters. The van der Waals surface area contributed by atoms with E-state index in [0.29, 0.717) is 23.9 Å². The fourth-order valence-corrected chi connectivity index (χ4v) is 4.68. The Balaban J connectivity index is 1.62. The second kappa shape index (κ2) is 9.84. The number of nitrogens with zero attached hydrogens (tertiary/aromatic N) is 2.